The first-order chi connectivity index (χ1) is 8.97. The molecular formula is C16H15IN2. The van der Waals surface area contributed by atoms with Gasteiger partial charge in [-0.2, -0.15) is 0 Å². The average Bonchev–Trinajstić information content (AvgIpc) is 2.37. The average molecular weight is 362 g/mol. The molecule has 1 heterocycles. The van der Waals surface area contributed by atoms with Crippen LogP contribution >= 0.6 is 22.6 Å². The molecule has 0 saturated heterocycles. The summed E-state index contributed by atoms with van der Waals surface area (Å²) in [6.07, 6.45) is 0. The Morgan fingerprint density at radius 1 is 0.895 bits per heavy atom. The summed E-state index contributed by atoms with van der Waals surface area (Å²) in [6.45, 7) is 6.44. The van der Waals surface area contributed by atoms with Crippen molar-refractivity contribution in [2.45, 2.75) is 26.2 Å². The topological polar surface area (TPSA) is 25.8 Å². The van der Waals surface area contributed by atoms with Crippen LogP contribution in [0.3, 0.4) is 0 Å². The second-order valence-electron chi connectivity index (χ2n) is 5.77. The third kappa shape index (κ3) is 2.20. The summed E-state index contributed by atoms with van der Waals surface area (Å²) < 4.78 is 1.03. The lowest BCUT2D eigenvalue weighted by atomic mass is 9.95. The van der Waals surface area contributed by atoms with Crippen molar-refractivity contribution in [1.29, 1.82) is 0 Å². The van der Waals surface area contributed by atoms with E-state index in [2.05, 4.69) is 84.7 Å². The van der Waals surface area contributed by atoms with E-state index >= 15 is 0 Å². The molecule has 0 saturated carbocycles. The van der Waals surface area contributed by atoms with Gasteiger partial charge in [-0.15, -0.1) is 0 Å². The molecule has 0 N–H and O–H groups in total. The van der Waals surface area contributed by atoms with Crippen molar-refractivity contribution < 1.29 is 0 Å². The molecule has 0 bridgehead atoms. The van der Waals surface area contributed by atoms with Crippen LogP contribution in [0.25, 0.3) is 21.7 Å². The van der Waals surface area contributed by atoms with Crippen molar-refractivity contribution in [2.75, 3.05) is 0 Å². The fraction of sp³-hybridized carbons (Fsp3) is 0.250. The molecule has 1 aromatic heterocycles. The van der Waals surface area contributed by atoms with Crippen molar-refractivity contribution in [3.05, 3.63) is 45.9 Å². The van der Waals surface area contributed by atoms with Crippen LogP contribution in [0, 0.1) is 3.70 Å². The molecule has 0 spiro atoms. The Bertz CT molecular complexity index is 773. The van der Waals surface area contributed by atoms with Gasteiger partial charge in [-0.3, -0.25) is 0 Å². The Balaban J connectivity index is 2.47. The van der Waals surface area contributed by atoms with Gasteiger partial charge in [0.05, 0.1) is 5.52 Å². The van der Waals surface area contributed by atoms with Crippen LogP contribution < -0.4 is 0 Å². The second-order valence-corrected chi connectivity index (χ2v) is 6.79. The van der Waals surface area contributed by atoms with Crippen molar-refractivity contribution in [1.82, 2.24) is 9.97 Å². The Hall–Kier alpha value is -1.23. The van der Waals surface area contributed by atoms with Crippen molar-refractivity contribution in [3.63, 3.8) is 0 Å². The molecule has 2 aromatic carbocycles. The van der Waals surface area contributed by atoms with Gasteiger partial charge in [0.2, 0.25) is 0 Å². The van der Waals surface area contributed by atoms with Crippen LogP contribution in [0.1, 0.15) is 26.6 Å². The van der Waals surface area contributed by atoms with E-state index in [1.165, 1.54) is 10.8 Å². The van der Waals surface area contributed by atoms with E-state index in [0.29, 0.717) is 0 Å². The molecule has 0 radical (unpaired) electrons. The van der Waals surface area contributed by atoms with Crippen molar-refractivity contribution in [2.24, 2.45) is 0 Å². The molecule has 0 unspecified atom stereocenters. The van der Waals surface area contributed by atoms with Crippen LogP contribution in [0.5, 0.6) is 0 Å². The number of benzene rings is 2. The van der Waals surface area contributed by atoms with Gasteiger partial charge in [-0.1, -0.05) is 51.1 Å². The fourth-order valence-electron chi connectivity index (χ4n) is 2.16. The molecule has 96 valence electrons. The molecule has 2 nitrogen and oxygen atoms in total. The van der Waals surface area contributed by atoms with Gasteiger partial charge >= 0.3 is 0 Å². The molecule has 0 fully saturated rings. The summed E-state index contributed by atoms with van der Waals surface area (Å²) in [7, 11) is 0. The lowest BCUT2D eigenvalue weighted by Crippen LogP contribution is -2.16. The molecule has 3 rings (SSSR count). The van der Waals surface area contributed by atoms with Gasteiger partial charge in [0.25, 0.3) is 0 Å². The maximum absolute atomic E-state index is 4.82. The maximum atomic E-state index is 4.82. The summed E-state index contributed by atoms with van der Waals surface area (Å²) in [5.74, 6) is 0.903. The minimum atomic E-state index is -0.0367. The van der Waals surface area contributed by atoms with Gasteiger partial charge in [-0.05, 0) is 34.0 Å². The van der Waals surface area contributed by atoms with Gasteiger partial charge < -0.3 is 0 Å². The van der Waals surface area contributed by atoms with Crippen LogP contribution in [-0.4, -0.2) is 9.97 Å². The van der Waals surface area contributed by atoms with Crippen molar-refractivity contribution >= 4 is 44.3 Å². The highest BCUT2D eigenvalue weighted by Gasteiger charge is 2.19. The molecular weight excluding hydrogens is 347 g/mol. The molecule has 0 aliphatic carbocycles. The summed E-state index contributed by atoms with van der Waals surface area (Å²) in [5, 5.41) is 3.56. The van der Waals surface area contributed by atoms with Gasteiger partial charge in [0, 0.05) is 16.2 Å². The zero-order valence-corrected chi connectivity index (χ0v) is 13.4. The van der Waals surface area contributed by atoms with Crippen LogP contribution in [-0.2, 0) is 5.41 Å². The highest BCUT2D eigenvalue weighted by atomic mass is 127. The van der Waals surface area contributed by atoms with E-state index in [1.54, 1.807) is 0 Å². The maximum Gasteiger partial charge on any atom is 0.135 e. The molecule has 0 aliphatic rings. The van der Waals surface area contributed by atoms with Crippen LogP contribution in [0.15, 0.2) is 36.4 Å². The van der Waals surface area contributed by atoms with E-state index in [9.17, 15) is 0 Å². The predicted molar refractivity (Wildman–Crippen MR) is 88.5 cm³/mol. The standard InChI is InChI=1S/C16H15IN2/c1-16(2,3)15-18-13-11-7-5-4-6-10(11)8-9-12(13)14(17)19-15/h4-9H,1-3H3. The predicted octanol–water partition coefficient (Wildman–Crippen LogP) is 4.69. The molecule has 0 aliphatic heterocycles. The zero-order chi connectivity index (χ0) is 13.6. The SMILES string of the molecule is CC(C)(C)c1nc(I)c2ccc3ccccc3c2n1. The van der Waals surface area contributed by atoms with Gasteiger partial charge in [-0.25, -0.2) is 9.97 Å². The zero-order valence-electron chi connectivity index (χ0n) is 11.2. The summed E-state index contributed by atoms with van der Waals surface area (Å²) in [4.78, 5) is 9.47. The largest absolute Gasteiger partial charge is 0.232 e. The summed E-state index contributed by atoms with van der Waals surface area (Å²) >= 11 is 2.31. The number of fused-ring (bicyclic) bond motifs is 3. The quantitative estimate of drug-likeness (QED) is 0.330. The molecule has 19 heavy (non-hydrogen) atoms. The first kappa shape index (κ1) is 12.8. The Labute approximate surface area is 126 Å². The highest BCUT2D eigenvalue weighted by molar-refractivity contribution is 14.1. The number of hydrogen-bond acceptors (Lipinski definition) is 2. The van der Waals surface area contributed by atoms with Crippen LogP contribution in [0.2, 0.25) is 0 Å². The third-order valence-electron chi connectivity index (χ3n) is 3.22. The summed E-state index contributed by atoms with van der Waals surface area (Å²) in [6, 6.07) is 12.6. The number of aromatic nitrogens is 2. The normalized spacial score (nSPS) is 12.2. The third-order valence-corrected chi connectivity index (χ3v) is 4.04. The first-order valence-electron chi connectivity index (χ1n) is 6.32. The second kappa shape index (κ2) is 4.40. The van der Waals surface area contributed by atoms with E-state index in [1.807, 2.05) is 0 Å². The van der Waals surface area contributed by atoms with E-state index in [-0.39, 0.29) is 5.41 Å². The molecule has 0 amide bonds. The van der Waals surface area contributed by atoms with Gasteiger partial charge in [0.1, 0.15) is 9.53 Å². The Morgan fingerprint density at radius 3 is 2.37 bits per heavy atom. The van der Waals surface area contributed by atoms with Crippen LogP contribution in [0.4, 0.5) is 0 Å². The highest BCUT2D eigenvalue weighted by Crippen LogP contribution is 2.29. The minimum absolute atomic E-state index is 0.0367. The molecule has 0 atom stereocenters. The number of hydrogen-bond donors (Lipinski definition) is 0. The first-order valence-corrected chi connectivity index (χ1v) is 7.40. The Kier molecular flexibility index (Phi) is 2.96. The number of rotatable bonds is 0. The smallest absolute Gasteiger partial charge is 0.135 e. The fourth-order valence-corrected chi connectivity index (χ4v) is 2.83. The van der Waals surface area contributed by atoms with E-state index < -0.39 is 0 Å². The lowest BCUT2D eigenvalue weighted by molar-refractivity contribution is 0.547. The van der Waals surface area contributed by atoms with Gasteiger partial charge in [0.15, 0.2) is 0 Å². The Morgan fingerprint density at radius 2 is 1.63 bits per heavy atom. The minimum Gasteiger partial charge on any atom is -0.232 e. The summed E-state index contributed by atoms with van der Waals surface area (Å²) in [5.41, 5.74) is 1.02. The lowest BCUT2D eigenvalue weighted by Gasteiger charge is -2.18. The van der Waals surface area contributed by atoms with Crippen molar-refractivity contribution in [3.8, 4) is 0 Å². The monoisotopic (exact) mass is 362 g/mol. The number of halogens is 1. The number of nitrogens with zero attached hydrogens (tertiary/aromatic N) is 2. The molecule has 3 heteroatoms. The van der Waals surface area contributed by atoms with E-state index in [4.69, 9.17) is 4.98 Å². The van der Waals surface area contributed by atoms with E-state index in [0.717, 1.165) is 20.4 Å². The molecule has 3 aromatic rings.